The maximum absolute atomic E-state index is 5.87. The molecular weight excluding hydrogens is 236 g/mol. The molecule has 3 N–H and O–H groups in total. The van der Waals surface area contributed by atoms with E-state index in [1.165, 1.54) is 0 Å². The van der Waals surface area contributed by atoms with Gasteiger partial charge in [0.05, 0.1) is 6.61 Å². The molecule has 0 aliphatic carbocycles. The van der Waals surface area contributed by atoms with Gasteiger partial charge in [-0.1, -0.05) is 13.3 Å². The molecule has 0 aliphatic heterocycles. The predicted molar refractivity (Wildman–Crippen MR) is 80.6 cm³/mol. The molecule has 0 unspecified atom stereocenters. The Hall–Kier alpha value is -2.16. The standard InChI is InChI=1S/C16H18N2O/c1-2-3-8-19-12-5-7-16-14(10-12)13-9-11(17)4-6-15(13)18-16/h4-7,9-10,18H,2-3,8,17H2,1H3. The number of aromatic amines is 1. The highest BCUT2D eigenvalue weighted by Crippen LogP contribution is 2.29. The number of ether oxygens (including phenoxy) is 1. The van der Waals surface area contributed by atoms with Crippen LogP contribution in [0.3, 0.4) is 0 Å². The van der Waals surface area contributed by atoms with Crippen LogP contribution in [-0.4, -0.2) is 11.6 Å². The van der Waals surface area contributed by atoms with Crippen molar-refractivity contribution in [1.29, 1.82) is 0 Å². The van der Waals surface area contributed by atoms with Crippen LogP contribution in [0.4, 0.5) is 5.69 Å². The Labute approximate surface area is 112 Å². The average molecular weight is 254 g/mol. The minimum Gasteiger partial charge on any atom is -0.494 e. The van der Waals surface area contributed by atoms with Gasteiger partial charge in [-0.05, 0) is 42.8 Å². The number of H-pyrrole nitrogens is 1. The van der Waals surface area contributed by atoms with Gasteiger partial charge in [0.15, 0.2) is 0 Å². The van der Waals surface area contributed by atoms with E-state index in [1.807, 2.05) is 24.3 Å². The first-order chi connectivity index (χ1) is 9.28. The average Bonchev–Trinajstić information content (AvgIpc) is 2.77. The number of nitrogens with two attached hydrogens (primary N) is 1. The molecule has 1 aromatic heterocycles. The Morgan fingerprint density at radius 1 is 1.05 bits per heavy atom. The zero-order valence-electron chi connectivity index (χ0n) is 11.1. The van der Waals surface area contributed by atoms with E-state index in [-0.39, 0.29) is 0 Å². The molecule has 0 bridgehead atoms. The van der Waals surface area contributed by atoms with Crippen LogP contribution >= 0.6 is 0 Å². The smallest absolute Gasteiger partial charge is 0.120 e. The normalized spacial score (nSPS) is 11.2. The Morgan fingerprint density at radius 2 is 1.79 bits per heavy atom. The molecule has 3 rings (SSSR count). The number of nitrogen functional groups attached to an aromatic ring is 1. The Bertz CT molecular complexity index is 715. The predicted octanol–water partition coefficient (Wildman–Crippen LogP) is 4.08. The van der Waals surface area contributed by atoms with Gasteiger partial charge < -0.3 is 15.5 Å². The summed E-state index contributed by atoms with van der Waals surface area (Å²) < 4.78 is 5.76. The van der Waals surface area contributed by atoms with Gasteiger partial charge in [0.25, 0.3) is 0 Å². The monoisotopic (exact) mass is 254 g/mol. The van der Waals surface area contributed by atoms with Crippen LogP contribution < -0.4 is 10.5 Å². The van der Waals surface area contributed by atoms with Gasteiger partial charge in [0.1, 0.15) is 5.75 Å². The largest absolute Gasteiger partial charge is 0.494 e. The first-order valence-electron chi connectivity index (χ1n) is 6.71. The summed E-state index contributed by atoms with van der Waals surface area (Å²) in [4.78, 5) is 3.39. The van der Waals surface area contributed by atoms with E-state index in [0.29, 0.717) is 0 Å². The van der Waals surface area contributed by atoms with Crippen molar-refractivity contribution in [3.05, 3.63) is 36.4 Å². The van der Waals surface area contributed by atoms with E-state index >= 15 is 0 Å². The number of anilines is 1. The van der Waals surface area contributed by atoms with Gasteiger partial charge in [0.2, 0.25) is 0 Å². The van der Waals surface area contributed by atoms with E-state index < -0.39 is 0 Å². The molecule has 98 valence electrons. The molecular formula is C16H18N2O. The maximum atomic E-state index is 5.87. The summed E-state index contributed by atoms with van der Waals surface area (Å²) in [5.41, 5.74) is 8.87. The molecule has 0 radical (unpaired) electrons. The SMILES string of the molecule is CCCCOc1ccc2[nH]c3ccc(N)cc3c2c1. The fourth-order valence-electron chi connectivity index (χ4n) is 2.32. The number of hydrogen-bond acceptors (Lipinski definition) is 2. The van der Waals surface area contributed by atoms with Crippen molar-refractivity contribution in [2.45, 2.75) is 19.8 Å². The summed E-state index contributed by atoms with van der Waals surface area (Å²) in [6.45, 7) is 2.93. The lowest BCUT2D eigenvalue weighted by Crippen LogP contribution is -1.95. The molecule has 2 aromatic carbocycles. The molecule has 0 aliphatic rings. The molecule has 0 atom stereocenters. The molecule has 3 heteroatoms. The Morgan fingerprint density at radius 3 is 2.58 bits per heavy atom. The highest BCUT2D eigenvalue weighted by Gasteiger charge is 2.06. The van der Waals surface area contributed by atoms with Gasteiger partial charge in [0, 0.05) is 27.5 Å². The van der Waals surface area contributed by atoms with Crippen LogP contribution in [0.15, 0.2) is 36.4 Å². The quantitative estimate of drug-likeness (QED) is 0.544. The second-order valence-corrected chi connectivity index (χ2v) is 4.84. The molecule has 19 heavy (non-hydrogen) atoms. The molecule has 3 nitrogen and oxygen atoms in total. The fourth-order valence-corrected chi connectivity index (χ4v) is 2.32. The number of rotatable bonds is 4. The Kier molecular flexibility index (Phi) is 3.03. The minimum atomic E-state index is 0.770. The van der Waals surface area contributed by atoms with Crippen LogP contribution in [0.1, 0.15) is 19.8 Å². The molecule has 0 fully saturated rings. The number of fused-ring (bicyclic) bond motifs is 3. The second kappa shape index (κ2) is 4.84. The zero-order valence-corrected chi connectivity index (χ0v) is 11.1. The lowest BCUT2D eigenvalue weighted by Gasteiger charge is -2.05. The highest BCUT2D eigenvalue weighted by molar-refractivity contribution is 6.08. The molecule has 0 spiro atoms. The third kappa shape index (κ3) is 2.24. The minimum absolute atomic E-state index is 0.770. The van der Waals surface area contributed by atoms with Gasteiger partial charge in [-0.2, -0.15) is 0 Å². The number of benzene rings is 2. The maximum Gasteiger partial charge on any atom is 0.120 e. The van der Waals surface area contributed by atoms with E-state index in [1.54, 1.807) is 0 Å². The van der Waals surface area contributed by atoms with E-state index in [2.05, 4.69) is 24.0 Å². The summed E-state index contributed by atoms with van der Waals surface area (Å²) in [5.74, 6) is 0.921. The van der Waals surface area contributed by atoms with Crippen molar-refractivity contribution >= 4 is 27.5 Å². The van der Waals surface area contributed by atoms with Crippen molar-refractivity contribution in [3.63, 3.8) is 0 Å². The zero-order chi connectivity index (χ0) is 13.2. The number of aromatic nitrogens is 1. The first kappa shape index (κ1) is 11.9. The molecule has 0 saturated carbocycles. The van der Waals surface area contributed by atoms with Crippen molar-refractivity contribution in [2.75, 3.05) is 12.3 Å². The van der Waals surface area contributed by atoms with Crippen LogP contribution in [0.2, 0.25) is 0 Å². The van der Waals surface area contributed by atoms with Crippen molar-refractivity contribution in [1.82, 2.24) is 4.98 Å². The molecule has 1 heterocycles. The van der Waals surface area contributed by atoms with Crippen LogP contribution in [0.25, 0.3) is 21.8 Å². The van der Waals surface area contributed by atoms with E-state index in [0.717, 1.165) is 52.7 Å². The van der Waals surface area contributed by atoms with Gasteiger partial charge >= 0.3 is 0 Å². The molecule has 3 aromatic rings. The highest BCUT2D eigenvalue weighted by atomic mass is 16.5. The van der Waals surface area contributed by atoms with Crippen LogP contribution in [0, 0.1) is 0 Å². The van der Waals surface area contributed by atoms with Crippen molar-refractivity contribution in [2.24, 2.45) is 0 Å². The number of nitrogens with one attached hydrogen (secondary N) is 1. The number of hydrogen-bond donors (Lipinski definition) is 2. The summed E-state index contributed by atoms with van der Waals surface area (Å²) in [5, 5.41) is 2.31. The summed E-state index contributed by atoms with van der Waals surface area (Å²) in [6, 6.07) is 12.1. The second-order valence-electron chi connectivity index (χ2n) is 4.84. The van der Waals surface area contributed by atoms with Gasteiger partial charge in [-0.3, -0.25) is 0 Å². The van der Waals surface area contributed by atoms with Crippen LogP contribution in [-0.2, 0) is 0 Å². The lowest BCUT2D eigenvalue weighted by molar-refractivity contribution is 0.310. The molecule has 0 amide bonds. The summed E-state index contributed by atoms with van der Waals surface area (Å²) in [7, 11) is 0. The van der Waals surface area contributed by atoms with Gasteiger partial charge in [-0.15, -0.1) is 0 Å². The Balaban J connectivity index is 2.05. The molecule has 0 saturated heterocycles. The van der Waals surface area contributed by atoms with Crippen molar-refractivity contribution in [3.8, 4) is 5.75 Å². The van der Waals surface area contributed by atoms with E-state index in [9.17, 15) is 0 Å². The van der Waals surface area contributed by atoms with Crippen LogP contribution in [0.5, 0.6) is 5.75 Å². The van der Waals surface area contributed by atoms with E-state index in [4.69, 9.17) is 10.5 Å². The summed E-state index contributed by atoms with van der Waals surface area (Å²) >= 11 is 0. The number of unbranched alkanes of at least 4 members (excludes halogenated alkanes) is 1. The third-order valence-electron chi connectivity index (χ3n) is 3.36. The third-order valence-corrected chi connectivity index (χ3v) is 3.36. The topological polar surface area (TPSA) is 51.0 Å². The first-order valence-corrected chi connectivity index (χ1v) is 6.71. The lowest BCUT2D eigenvalue weighted by atomic mass is 10.1. The fraction of sp³-hybridized carbons (Fsp3) is 0.250. The van der Waals surface area contributed by atoms with Gasteiger partial charge in [-0.25, -0.2) is 0 Å². The van der Waals surface area contributed by atoms with Crippen molar-refractivity contribution < 1.29 is 4.74 Å². The summed E-state index contributed by atoms with van der Waals surface area (Å²) in [6.07, 6.45) is 2.23.